The van der Waals surface area contributed by atoms with E-state index in [4.69, 9.17) is 5.73 Å². The van der Waals surface area contributed by atoms with Crippen LogP contribution in [0.4, 0.5) is 5.82 Å². The van der Waals surface area contributed by atoms with Crippen molar-refractivity contribution < 1.29 is 0 Å². The smallest absolute Gasteiger partial charge is 0.146 e. The van der Waals surface area contributed by atoms with E-state index < -0.39 is 0 Å². The summed E-state index contributed by atoms with van der Waals surface area (Å²) in [5.74, 6) is 1.31. The molecule has 19 heavy (non-hydrogen) atoms. The van der Waals surface area contributed by atoms with Crippen LogP contribution in [0.5, 0.6) is 0 Å². The summed E-state index contributed by atoms with van der Waals surface area (Å²) in [5, 5.41) is 1.04. The van der Waals surface area contributed by atoms with Crippen LogP contribution in [0.25, 0.3) is 11.0 Å². The minimum atomic E-state index is 0.555. The molecular formula is C15H22N4. The second kappa shape index (κ2) is 4.51. The quantitative estimate of drug-likeness (QED) is 0.853. The lowest BCUT2D eigenvalue weighted by Crippen LogP contribution is -2.22. The van der Waals surface area contributed by atoms with Gasteiger partial charge in [-0.15, -0.1) is 0 Å². The highest BCUT2D eigenvalue weighted by atomic mass is 15.1. The summed E-state index contributed by atoms with van der Waals surface area (Å²) < 4.78 is 2.41. The number of aryl methyl sites for hydroxylation is 1. The van der Waals surface area contributed by atoms with E-state index in [9.17, 15) is 0 Å². The monoisotopic (exact) mass is 258 g/mol. The van der Waals surface area contributed by atoms with Gasteiger partial charge in [-0.3, -0.25) is 0 Å². The minimum Gasteiger partial charge on any atom is -0.383 e. The molecule has 0 aliphatic heterocycles. The average molecular weight is 258 g/mol. The zero-order valence-corrected chi connectivity index (χ0v) is 12.0. The normalized spacial score (nSPS) is 23.9. The molecule has 0 amide bonds. The van der Waals surface area contributed by atoms with E-state index >= 15 is 0 Å². The molecule has 2 heterocycles. The molecule has 2 N–H and O–H groups in total. The molecule has 0 radical (unpaired) electrons. The Kier molecular flexibility index (Phi) is 2.96. The Morgan fingerprint density at radius 3 is 2.68 bits per heavy atom. The molecule has 2 atom stereocenters. The number of nitrogens with zero attached hydrogens (tertiary/aromatic N) is 3. The molecular weight excluding hydrogens is 236 g/mol. The molecule has 1 fully saturated rings. The first-order valence-electron chi connectivity index (χ1n) is 7.18. The van der Waals surface area contributed by atoms with Gasteiger partial charge in [0.1, 0.15) is 17.8 Å². The lowest BCUT2D eigenvalue weighted by molar-refractivity contribution is 0.259. The van der Waals surface area contributed by atoms with E-state index in [0.29, 0.717) is 17.8 Å². The van der Waals surface area contributed by atoms with Crippen LogP contribution in [0.3, 0.4) is 0 Å². The second-order valence-electron chi connectivity index (χ2n) is 5.87. The van der Waals surface area contributed by atoms with Gasteiger partial charge in [0.15, 0.2) is 0 Å². The third kappa shape index (κ3) is 1.81. The molecule has 0 saturated heterocycles. The van der Waals surface area contributed by atoms with Gasteiger partial charge in [-0.1, -0.05) is 19.8 Å². The molecule has 102 valence electrons. The Bertz CT molecular complexity index is 614. The van der Waals surface area contributed by atoms with Crippen molar-refractivity contribution >= 4 is 16.9 Å². The molecule has 1 aliphatic rings. The Balaban J connectivity index is 2.23. The molecule has 0 spiro atoms. The van der Waals surface area contributed by atoms with Crippen LogP contribution in [0.1, 0.15) is 49.9 Å². The molecule has 2 unspecified atom stereocenters. The summed E-state index contributed by atoms with van der Waals surface area (Å²) in [7, 11) is 0. The van der Waals surface area contributed by atoms with Crippen molar-refractivity contribution in [3.63, 3.8) is 0 Å². The molecule has 2 aromatic heterocycles. The number of anilines is 1. The zero-order chi connectivity index (χ0) is 13.6. The summed E-state index contributed by atoms with van der Waals surface area (Å²) in [6.45, 7) is 6.66. The van der Waals surface area contributed by atoms with Crippen molar-refractivity contribution in [1.29, 1.82) is 0 Å². The highest BCUT2D eigenvalue weighted by Crippen LogP contribution is 2.38. The van der Waals surface area contributed by atoms with Crippen molar-refractivity contribution in [2.24, 2.45) is 5.92 Å². The third-order valence-electron chi connectivity index (χ3n) is 4.76. The standard InChI is InChI=1S/C15H22N4/c1-9-6-4-5-7-12(9)19-11(3)10(2)13-14(16)17-8-18-15(13)19/h8-9,12H,4-7H2,1-3H3,(H2,16,17,18). The van der Waals surface area contributed by atoms with Crippen molar-refractivity contribution in [2.75, 3.05) is 5.73 Å². The summed E-state index contributed by atoms with van der Waals surface area (Å²) in [5.41, 5.74) is 9.57. The minimum absolute atomic E-state index is 0.555. The maximum atomic E-state index is 6.04. The van der Waals surface area contributed by atoms with Gasteiger partial charge in [-0.2, -0.15) is 0 Å². The van der Waals surface area contributed by atoms with Crippen LogP contribution in [-0.2, 0) is 0 Å². The highest BCUT2D eigenvalue weighted by Gasteiger charge is 2.27. The molecule has 4 heteroatoms. The van der Waals surface area contributed by atoms with Crippen molar-refractivity contribution in [1.82, 2.24) is 14.5 Å². The topological polar surface area (TPSA) is 56.7 Å². The Morgan fingerprint density at radius 1 is 1.21 bits per heavy atom. The van der Waals surface area contributed by atoms with Crippen LogP contribution in [0, 0.1) is 19.8 Å². The van der Waals surface area contributed by atoms with E-state index in [1.165, 1.54) is 36.9 Å². The van der Waals surface area contributed by atoms with E-state index in [0.717, 1.165) is 11.0 Å². The van der Waals surface area contributed by atoms with Gasteiger partial charge < -0.3 is 10.3 Å². The third-order valence-corrected chi connectivity index (χ3v) is 4.76. The second-order valence-corrected chi connectivity index (χ2v) is 5.87. The largest absolute Gasteiger partial charge is 0.383 e. The lowest BCUT2D eigenvalue weighted by atomic mass is 9.85. The Labute approximate surface area is 114 Å². The Morgan fingerprint density at radius 2 is 1.95 bits per heavy atom. The van der Waals surface area contributed by atoms with Crippen LogP contribution in [-0.4, -0.2) is 14.5 Å². The van der Waals surface area contributed by atoms with Gasteiger partial charge in [-0.05, 0) is 38.2 Å². The molecule has 3 rings (SSSR count). The highest BCUT2D eigenvalue weighted by molar-refractivity contribution is 5.90. The first-order chi connectivity index (χ1) is 9.11. The molecule has 2 aromatic rings. The summed E-state index contributed by atoms with van der Waals surface area (Å²) >= 11 is 0. The van der Waals surface area contributed by atoms with Gasteiger partial charge in [0.05, 0.1) is 5.39 Å². The number of nitrogens with two attached hydrogens (primary N) is 1. The zero-order valence-electron chi connectivity index (χ0n) is 12.0. The maximum Gasteiger partial charge on any atom is 0.146 e. The fraction of sp³-hybridized carbons (Fsp3) is 0.600. The molecule has 0 bridgehead atoms. The predicted octanol–water partition coefficient (Wildman–Crippen LogP) is 3.38. The van der Waals surface area contributed by atoms with Gasteiger partial charge in [0.25, 0.3) is 0 Å². The van der Waals surface area contributed by atoms with Crippen molar-refractivity contribution in [3.05, 3.63) is 17.6 Å². The van der Waals surface area contributed by atoms with Crippen LogP contribution >= 0.6 is 0 Å². The van der Waals surface area contributed by atoms with Gasteiger partial charge >= 0.3 is 0 Å². The number of rotatable bonds is 1. The van der Waals surface area contributed by atoms with Gasteiger partial charge in [0.2, 0.25) is 0 Å². The van der Waals surface area contributed by atoms with E-state index in [-0.39, 0.29) is 0 Å². The maximum absolute atomic E-state index is 6.04. The first kappa shape index (κ1) is 12.5. The summed E-state index contributed by atoms with van der Waals surface area (Å²) in [6.07, 6.45) is 6.80. The number of hydrogen-bond acceptors (Lipinski definition) is 3. The molecule has 0 aromatic carbocycles. The average Bonchev–Trinajstić information content (AvgIpc) is 2.64. The predicted molar refractivity (Wildman–Crippen MR) is 78.1 cm³/mol. The van der Waals surface area contributed by atoms with Gasteiger partial charge in [-0.25, -0.2) is 9.97 Å². The SMILES string of the molecule is Cc1c(C)n(C2CCCCC2C)c2ncnc(N)c12. The number of fused-ring (bicyclic) bond motifs is 1. The van der Waals surface area contributed by atoms with E-state index in [1.807, 2.05) is 0 Å². The summed E-state index contributed by atoms with van der Waals surface area (Å²) in [6, 6.07) is 0.555. The number of hydrogen-bond donors (Lipinski definition) is 1. The molecule has 1 saturated carbocycles. The fourth-order valence-corrected chi connectivity index (χ4v) is 3.54. The summed E-state index contributed by atoms with van der Waals surface area (Å²) in [4.78, 5) is 8.65. The lowest BCUT2D eigenvalue weighted by Gasteiger charge is -2.31. The fourth-order valence-electron chi connectivity index (χ4n) is 3.54. The first-order valence-corrected chi connectivity index (χ1v) is 7.18. The van der Waals surface area contributed by atoms with E-state index in [1.54, 1.807) is 6.33 Å². The van der Waals surface area contributed by atoms with E-state index in [2.05, 4.69) is 35.3 Å². The van der Waals surface area contributed by atoms with Crippen LogP contribution in [0.2, 0.25) is 0 Å². The molecule has 4 nitrogen and oxygen atoms in total. The van der Waals surface area contributed by atoms with Crippen LogP contribution in [0.15, 0.2) is 6.33 Å². The Hall–Kier alpha value is -1.58. The number of aromatic nitrogens is 3. The van der Waals surface area contributed by atoms with Crippen molar-refractivity contribution in [3.8, 4) is 0 Å². The van der Waals surface area contributed by atoms with Crippen LogP contribution < -0.4 is 5.73 Å². The van der Waals surface area contributed by atoms with Gasteiger partial charge in [0, 0.05) is 11.7 Å². The van der Waals surface area contributed by atoms with Crippen molar-refractivity contribution in [2.45, 2.75) is 52.5 Å². The molecule has 1 aliphatic carbocycles. The number of nitrogen functional groups attached to an aromatic ring is 1.